The van der Waals surface area contributed by atoms with E-state index in [-0.39, 0.29) is 0 Å². The summed E-state index contributed by atoms with van der Waals surface area (Å²) < 4.78 is 92.8. The quantitative estimate of drug-likeness (QED) is 0.0884. The van der Waals surface area contributed by atoms with Crippen LogP contribution in [0.5, 0.6) is 0 Å². The zero-order valence-corrected chi connectivity index (χ0v) is 47.5. The molecule has 0 fully saturated rings. The van der Waals surface area contributed by atoms with Gasteiger partial charge in [-0.2, -0.15) is 26.3 Å². The second kappa shape index (κ2) is 18.2. The van der Waals surface area contributed by atoms with Crippen LogP contribution >= 0.6 is 0 Å². The van der Waals surface area contributed by atoms with Gasteiger partial charge in [0, 0.05) is 0 Å². The summed E-state index contributed by atoms with van der Waals surface area (Å²) >= 11 is 0. The van der Waals surface area contributed by atoms with Crippen LogP contribution in [0.1, 0.15) is 22.3 Å². The third-order valence-electron chi connectivity index (χ3n) is 19.6. The Balaban J connectivity index is 1.11. The van der Waals surface area contributed by atoms with Crippen molar-refractivity contribution in [3.05, 3.63) is 265 Å². The molecule has 18 rings (SSSR count). The summed E-state index contributed by atoms with van der Waals surface area (Å²) in [5, 5.41) is 5.68. The fourth-order valence-corrected chi connectivity index (χ4v) is 16.1. The van der Waals surface area contributed by atoms with Gasteiger partial charge in [-0.25, -0.2) is 0 Å². The summed E-state index contributed by atoms with van der Waals surface area (Å²) in [5.41, 5.74) is 23.6. The lowest BCUT2D eigenvalue weighted by atomic mass is 9.34. The van der Waals surface area contributed by atoms with E-state index in [2.05, 4.69) is 164 Å². The zero-order valence-electron chi connectivity index (χ0n) is 47.5. The fourth-order valence-electron chi connectivity index (χ4n) is 16.1. The molecule has 14 aromatic carbocycles. The summed E-state index contributed by atoms with van der Waals surface area (Å²) in [4.78, 5) is 0. The average molecular weight is 1140 g/mol. The fraction of sp³-hybridized carbons (Fsp3) is 0.0500. The minimum Gasteiger partial charge on any atom is -0.166 e. The lowest BCUT2D eigenvalue weighted by molar-refractivity contribution is -0.138. The van der Waals surface area contributed by atoms with Crippen molar-refractivity contribution in [2.24, 2.45) is 0 Å². The van der Waals surface area contributed by atoms with Crippen molar-refractivity contribution in [2.75, 3.05) is 0 Å². The van der Waals surface area contributed by atoms with Gasteiger partial charge in [0.2, 0.25) is 13.4 Å². The average Bonchev–Trinajstić information content (AvgIpc) is 1.18. The summed E-state index contributed by atoms with van der Waals surface area (Å²) in [6.07, 6.45) is -9.25. The third kappa shape index (κ3) is 7.14. The molecule has 0 atom stereocenters. The molecule has 0 aliphatic carbocycles. The van der Waals surface area contributed by atoms with Gasteiger partial charge in [0.1, 0.15) is 0 Å². The molecular formula is C80H46B2F6. The number of fused-ring (bicyclic) bond motifs is 10. The normalized spacial score (nSPS) is 13.2. The topological polar surface area (TPSA) is 0 Å². The highest BCUT2D eigenvalue weighted by atomic mass is 19.4. The predicted molar refractivity (Wildman–Crippen MR) is 353 cm³/mol. The molecule has 0 radical (unpaired) electrons. The van der Waals surface area contributed by atoms with Crippen molar-refractivity contribution in [3.8, 4) is 111 Å². The van der Waals surface area contributed by atoms with Crippen LogP contribution in [0.25, 0.3) is 144 Å². The lowest BCUT2D eigenvalue weighted by Crippen LogP contribution is -2.53. The van der Waals surface area contributed by atoms with Crippen LogP contribution in [-0.4, -0.2) is 13.4 Å². The molecule has 0 spiro atoms. The van der Waals surface area contributed by atoms with Crippen LogP contribution in [0, 0.1) is 13.8 Å². The minimum absolute atomic E-state index is 0.433. The monoisotopic (exact) mass is 1140 g/mol. The van der Waals surface area contributed by atoms with E-state index in [0.717, 1.165) is 171 Å². The second-order valence-corrected chi connectivity index (χ2v) is 24.4. The highest BCUT2D eigenvalue weighted by molar-refractivity contribution is 7.03. The predicted octanol–water partition coefficient (Wildman–Crippen LogP) is 18.2. The largest absolute Gasteiger partial charge is 0.416 e. The number of hydrogen-bond donors (Lipinski definition) is 0. The summed E-state index contributed by atoms with van der Waals surface area (Å²) in [5.74, 6) is 0. The number of rotatable bonds is 6. The van der Waals surface area contributed by atoms with Gasteiger partial charge >= 0.3 is 12.4 Å². The number of alkyl halides is 6. The van der Waals surface area contributed by atoms with Gasteiger partial charge in [0.25, 0.3) is 0 Å². The van der Waals surface area contributed by atoms with E-state index in [1.165, 1.54) is 24.3 Å². The van der Waals surface area contributed by atoms with Gasteiger partial charge in [-0.15, -0.1) is 0 Å². The molecule has 0 bridgehead atoms. The molecule has 4 heterocycles. The number of hydrogen-bond acceptors (Lipinski definition) is 0. The summed E-state index contributed by atoms with van der Waals surface area (Å²) in [6.45, 7) is 3.12. The zero-order chi connectivity index (χ0) is 59.2. The Morgan fingerprint density at radius 3 is 1.02 bits per heavy atom. The second-order valence-electron chi connectivity index (χ2n) is 24.4. The van der Waals surface area contributed by atoms with Crippen molar-refractivity contribution in [3.63, 3.8) is 0 Å². The molecule has 4 aliphatic heterocycles. The van der Waals surface area contributed by atoms with Gasteiger partial charge < -0.3 is 0 Å². The Kier molecular flexibility index (Phi) is 10.6. The van der Waals surface area contributed by atoms with E-state index in [9.17, 15) is 0 Å². The molecule has 4 aliphatic rings. The van der Waals surface area contributed by atoms with Crippen molar-refractivity contribution < 1.29 is 26.3 Å². The van der Waals surface area contributed by atoms with E-state index in [1.54, 1.807) is 6.07 Å². The van der Waals surface area contributed by atoms with Gasteiger partial charge in [-0.3, -0.25) is 0 Å². The lowest BCUT2D eigenvalue weighted by Gasteiger charge is -2.33. The maximum absolute atomic E-state index is 15.9. The first-order valence-corrected chi connectivity index (χ1v) is 29.8. The number of benzene rings is 14. The smallest absolute Gasteiger partial charge is 0.166 e. The van der Waals surface area contributed by atoms with E-state index < -0.39 is 36.9 Å². The van der Waals surface area contributed by atoms with Crippen LogP contribution in [0.2, 0.25) is 0 Å². The Labute approximate surface area is 504 Å². The molecule has 0 nitrogen and oxygen atoms in total. The van der Waals surface area contributed by atoms with Crippen molar-refractivity contribution in [1.82, 2.24) is 0 Å². The van der Waals surface area contributed by atoms with E-state index in [1.807, 2.05) is 62.4 Å². The first-order chi connectivity index (χ1) is 42.8. The van der Waals surface area contributed by atoms with Crippen molar-refractivity contribution in [2.45, 2.75) is 26.2 Å². The van der Waals surface area contributed by atoms with Crippen LogP contribution in [0.4, 0.5) is 26.3 Å². The number of halogens is 6. The Hall–Kier alpha value is -10.2. The maximum Gasteiger partial charge on any atom is 0.416 e. The first kappa shape index (κ1) is 51.1. The Morgan fingerprint density at radius 1 is 0.250 bits per heavy atom. The van der Waals surface area contributed by atoms with E-state index >= 15 is 26.3 Å². The van der Waals surface area contributed by atoms with Crippen molar-refractivity contribution in [1.29, 1.82) is 0 Å². The number of aryl methyl sites for hydroxylation is 2. The molecule has 0 saturated carbocycles. The first-order valence-electron chi connectivity index (χ1n) is 29.8. The molecule has 0 unspecified atom stereocenters. The molecule has 0 aromatic heterocycles. The van der Waals surface area contributed by atoms with Gasteiger partial charge in [-0.1, -0.05) is 251 Å². The molecule has 8 heteroatoms. The van der Waals surface area contributed by atoms with Crippen molar-refractivity contribution >= 4 is 78.5 Å². The molecule has 0 saturated heterocycles. The minimum atomic E-state index is -4.66. The Morgan fingerprint density at radius 2 is 0.602 bits per heavy atom. The van der Waals surface area contributed by atoms with Gasteiger partial charge in [-0.05, 0) is 193 Å². The molecule has 0 N–H and O–H groups in total. The third-order valence-corrected chi connectivity index (χ3v) is 19.6. The molecule has 88 heavy (non-hydrogen) atoms. The molecule has 0 amide bonds. The van der Waals surface area contributed by atoms with Crippen LogP contribution in [0.15, 0.2) is 243 Å². The standard InChI is InChI=1S/C80H46B2F6/c1-43-29-31-67-55(33-43)65-37-50(80(86,87)88)38-66-60-40-58(72-53(47-21-11-5-12-22-47)27-16-28-54(72)48-23-13-6-14-24-48)62-41-69-73-59(64-35-44(2)34-63-56-36-49(79(83,84)85)30-32-68(56)82(69)77(63)64)39-57(61-42-70(81(67)78(65)66)74(60)76(62)75(61)73)71-51(45-17-7-3-8-18-45)25-15-26-52(71)46-19-9-4-10-20-46/h3-42H,1-2H3. The highest BCUT2D eigenvalue weighted by Crippen LogP contribution is 2.55. The maximum atomic E-state index is 15.9. The van der Waals surface area contributed by atoms with Crippen LogP contribution < -0.4 is 32.8 Å². The van der Waals surface area contributed by atoms with Gasteiger partial charge in [0.05, 0.1) is 11.1 Å². The van der Waals surface area contributed by atoms with E-state index in [4.69, 9.17) is 0 Å². The Bertz CT molecular complexity index is 5240. The summed E-state index contributed by atoms with van der Waals surface area (Å²) in [7, 11) is 0. The van der Waals surface area contributed by atoms with Crippen LogP contribution in [0.3, 0.4) is 0 Å². The molecular weight excluding hydrogens is 1100 g/mol. The SMILES string of the molecule is Cc1ccc2c(c1)-c1cc(C(F)(F)F)cc3c1B2c1cc2c(-c4c(-c5ccccc5)cccc4-c4ccccc4)cc4c5c(cc6c(-c7c(-c8ccccc8)cccc7-c7ccccc7)cc-3c1c6c25)B1c2ccc(C(F)(F)F)cc2-c2cc(C)cc-4c21. The molecule has 414 valence electrons. The van der Waals surface area contributed by atoms with E-state index in [0.29, 0.717) is 16.7 Å². The highest BCUT2D eigenvalue weighted by Gasteiger charge is 2.47. The van der Waals surface area contributed by atoms with Gasteiger partial charge in [0.15, 0.2) is 0 Å². The molecule has 14 aromatic rings. The van der Waals surface area contributed by atoms with Crippen LogP contribution in [-0.2, 0) is 12.4 Å². The summed E-state index contributed by atoms with van der Waals surface area (Å²) in [6, 6.07) is 81.2.